The molecule has 0 bridgehead atoms. The largest absolute Gasteiger partial charge is 0.289 e. The van der Waals surface area contributed by atoms with Crippen molar-refractivity contribution in [2.24, 2.45) is 0 Å². The SMILES string of the molecule is CCC1c2ccccc2C(=O)c2c(C)cccc21. The molecule has 0 aromatic heterocycles. The number of hydrogen-bond acceptors (Lipinski definition) is 1. The van der Waals surface area contributed by atoms with Crippen molar-refractivity contribution in [3.63, 3.8) is 0 Å². The molecule has 0 fully saturated rings. The van der Waals surface area contributed by atoms with Gasteiger partial charge in [0.25, 0.3) is 0 Å². The van der Waals surface area contributed by atoms with E-state index in [4.69, 9.17) is 0 Å². The Labute approximate surface area is 107 Å². The van der Waals surface area contributed by atoms with E-state index in [2.05, 4.69) is 25.1 Å². The number of ketones is 1. The minimum atomic E-state index is 0.184. The summed E-state index contributed by atoms with van der Waals surface area (Å²) in [4.78, 5) is 12.6. The third-order valence-electron chi connectivity index (χ3n) is 3.90. The summed E-state index contributed by atoms with van der Waals surface area (Å²) in [6, 6.07) is 14.2. The molecule has 1 unspecified atom stereocenters. The van der Waals surface area contributed by atoms with Crippen molar-refractivity contribution >= 4 is 5.78 Å². The van der Waals surface area contributed by atoms with Gasteiger partial charge in [0.05, 0.1) is 0 Å². The molecular formula is C17H16O. The maximum absolute atomic E-state index is 12.6. The quantitative estimate of drug-likeness (QED) is 0.729. The number of carbonyl (C=O) groups excluding carboxylic acids is 1. The van der Waals surface area contributed by atoms with Gasteiger partial charge in [0.1, 0.15) is 0 Å². The molecule has 1 nitrogen and oxygen atoms in total. The van der Waals surface area contributed by atoms with Crippen molar-refractivity contribution < 1.29 is 4.79 Å². The van der Waals surface area contributed by atoms with Crippen LogP contribution in [-0.2, 0) is 0 Å². The van der Waals surface area contributed by atoms with E-state index in [-0.39, 0.29) is 5.78 Å². The van der Waals surface area contributed by atoms with Crippen LogP contribution in [0.3, 0.4) is 0 Å². The van der Waals surface area contributed by atoms with Gasteiger partial charge in [0.15, 0.2) is 5.78 Å². The molecule has 2 aromatic carbocycles. The number of hydrogen-bond donors (Lipinski definition) is 0. The van der Waals surface area contributed by atoms with E-state index in [9.17, 15) is 4.79 Å². The zero-order valence-electron chi connectivity index (χ0n) is 10.7. The van der Waals surface area contributed by atoms with Crippen LogP contribution in [0.15, 0.2) is 42.5 Å². The van der Waals surface area contributed by atoms with E-state index in [0.717, 1.165) is 23.1 Å². The molecule has 0 saturated carbocycles. The number of benzene rings is 2. The summed E-state index contributed by atoms with van der Waals surface area (Å²) in [5, 5.41) is 0. The lowest BCUT2D eigenvalue weighted by Crippen LogP contribution is -2.20. The monoisotopic (exact) mass is 236 g/mol. The lowest BCUT2D eigenvalue weighted by Gasteiger charge is -2.27. The van der Waals surface area contributed by atoms with Gasteiger partial charge in [-0.3, -0.25) is 4.79 Å². The van der Waals surface area contributed by atoms with E-state index in [1.54, 1.807) is 0 Å². The standard InChI is InChI=1S/C17H16O/c1-3-12-13-8-4-5-9-15(13)17(18)16-11(2)7-6-10-14(12)16/h4-10,12H,3H2,1-2H3. The van der Waals surface area contributed by atoms with Gasteiger partial charge in [-0.05, 0) is 30.0 Å². The summed E-state index contributed by atoms with van der Waals surface area (Å²) in [5.41, 5.74) is 5.27. The fraction of sp³-hybridized carbons (Fsp3) is 0.235. The van der Waals surface area contributed by atoms with E-state index >= 15 is 0 Å². The lowest BCUT2D eigenvalue weighted by molar-refractivity contribution is 0.103. The Morgan fingerprint density at radius 1 is 1.00 bits per heavy atom. The first-order valence-corrected chi connectivity index (χ1v) is 6.47. The van der Waals surface area contributed by atoms with Gasteiger partial charge in [-0.1, -0.05) is 49.4 Å². The Hall–Kier alpha value is -1.89. The highest BCUT2D eigenvalue weighted by atomic mass is 16.1. The van der Waals surface area contributed by atoms with Crippen LogP contribution in [0.5, 0.6) is 0 Å². The van der Waals surface area contributed by atoms with E-state index in [1.807, 2.05) is 31.2 Å². The molecule has 1 atom stereocenters. The predicted molar refractivity (Wildman–Crippen MR) is 73.2 cm³/mol. The second kappa shape index (κ2) is 4.09. The molecular weight excluding hydrogens is 220 g/mol. The zero-order chi connectivity index (χ0) is 12.7. The Balaban J connectivity index is 2.32. The fourth-order valence-electron chi connectivity index (χ4n) is 3.04. The Bertz CT molecular complexity index is 625. The van der Waals surface area contributed by atoms with Crippen molar-refractivity contribution in [3.05, 3.63) is 70.3 Å². The summed E-state index contributed by atoms with van der Waals surface area (Å²) < 4.78 is 0. The fourth-order valence-corrected chi connectivity index (χ4v) is 3.04. The topological polar surface area (TPSA) is 17.1 Å². The number of aryl methyl sites for hydroxylation is 1. The highest BCUT2D eigenvalue weighted by Crippen LogP contribution is 2.39. The first-order chi connectivity index (χ1) is 8.74. The zero-order valence-corrected chi connectivity index (χ0v) is 10.7. The van der Waals surface area contributed by atoms with Crippen molar-refractivity contribution in [2.75, 3.05) is 0 Å². The Morgan fingerprint density at radius 3 is 2.50 bits per heavy atom. The minimum absolute atomic E-state index is 0.184. The van der Waals surface area contributed by atoms with Gasteiger partial charge in [-0.25, -0.2) is 0 Å². The molecule has 1 heteroatoms. The molecule has 0 N–H and O–H groups in total. The third-order valence-corrected chi connectivity index (χ3v) is 3.90. The Kier molecular flexibility index (Phi) is 2.55. The molecule has 3 rings (SSSR count). The van der Waals surface area contributed by atoms with Crippen LogP contribution in [-0.4, -0.2) is 5.78 Å². The molecule has 0 amide bonds. The molecule has 0 heterocycles. The molecule has 1 aliphatic carbocycles. The van der Waals surface area contributed by atoms with Crippen molar-refractivity contribution in [3.8, 4) is 0 Å². The average Bonchev–Trinajstić information content (AvgIpc) is 2.39. The molecule has 0 saturated heterocycles. The first-order valence-electron chi connectivity index (χ1n) is 6.47. The van der Waals surface area contributed by atoms with Crippen molar-refractivity contribution in [2.45, 2.75) is 26.2 Å². The number of carbonyl (C=O) groups is 1. The first kappa shape index (κ1) is 11.2. The second-order valence-corrected chi connectivity index (χ2v) is 4.92. The van der Waals surface area contributed by atoms with Crippen molar-refractivity contribution in [1.82, 2.24) is 0 Å². The smallest absolute Gasteiger partial charge is 0.193 e. The van der Waals surface area contributed by atoms with E-state index < -0.39 is 0 Å². The highest BCUT2D eigenvalue weighted by molar-refractivity contribution is 6.13. The van der Waals surface area contributed by atoms with E-state index in [0.29, 0.717) is 5.92 Å². The third kappa shape index (κ3) is 1.43. The number of rotatable bonds is 1. The molecule has 0 radical (unpaired) electrons. The maximum atomic E-state index is 12.6. The summed E-state index contributed by atoms with van der Waals surface area (Å²) in [6.45, 7) is 4.21. The van der Waals surface area contributed by atoms with Crippen LogP contribution >= 0.6 is 0 Å². The molecule has 0 aliphatic heterocycles. The predicted octanol–water partition coefficient (Wildman–Crippen LogP) is 4.08. The molecule has 90 valence electrons. The lowest BCUT2D eigenvalue weighted by atomic mass is 9.75. The van der Waals surface area contributed by atoms with Crippen molar-refractivity contribution in [1.29, 1.82) is 0 Å². The average molecular weight is 236 g/mol. The number of fused-ring (bicyclic) bond motifs is 2. The van der Waals surface area contributed by atoms with Gasteiger partial charge in [-0.2, -0.15) is 0 Å². The molecule has 0 spiro atoms. The van der Waals surface area contributed by atoms with Crippen LogP contribution in [0, 0.1) is 6.92 Å². The summed E-state index contributed by atoms with van der Waals surface area (Å²) >= 11 is 0. The van der Waals surface area contributed by atoms with Gasteiger partial charge >= 0.3 is 0 Å². The molecule has 18 heavy (non-hydrogen) atoms. The molecule has 2 aromatic rings. The van der Waals surface area contributed by atoms with Crippen LogP contribution < -0.4 is 0 Å². The summed E-state index contributed by atoms with van der Waals surface area (Å²) in [7, 11) is 0. The highest BCUT2D eigenvalue weighted by Gasteiger charge is 2.30. The second-order valence-electron chi connectivity index (χ2n) is 4.92. The van der Waals surface area contributed by atoms with E-state index in [1.165, 1.54) is 11.1 Å². The van der Waals surface area contributed by atoms with Gasteiger partial charge < -0.3 is 0 Å². The Morgan fingerprint density at radius 2 is 1.72 bits per heavy atom. The van der Waals surface area contributed by atoms with Gasteiger partial charge in [-0.15, -0.1) is 0 Å². The molecule has 1 aliphatic rings. The van der Waals surface area contributed by atoms with Crippen LogP contribution in [0.2, 0.25) is 0 Å². The van der Waals surface area contributed by atoms with Crippen LogP contribution in [0.1, 0.15) is 51.9 Å². The van der Waals surface area contributed by atoms with Crippen LogP contribution in [0.25, 0.3) is 0 Å². The minimum Gasteiger partial charge on any atom is -0.289 e. The van der Waals surface area contributed by atoms with Gasteiger partial charge in [0, 0.05) is 17.0 Å². The normalized spacial score (nSPS) is 17.2. The maximum Gasteiger partial charge on any atom is 0.193 e. The summed E-state index contributed by atoms with van der Waals surface area (Å²) in [6.07, 6.45) is 1.03. The summed E-state index contributed by atoms with van der Waals surface area (Å²) in [5.74, 6) is 0.539. The van der Waals surface area contributed by atoms with Gasteiger partial charge in [0.2, 0.25) is 0 Å². The van der Waals surface area contributed by atoms with Crippen LogP contribution in [0.4, 0.5) is 0 Å².